The lowest BCUT2D eigenvalue weighted by atomic mass is 9.63. The van der Waals surface area contributed by atoms with Crippen LogP contribution in [0.4, 0.5) is 5.69 Å². The van der Waals surface area contributed by atoms with Gasteiger partial charge in [-0.05, 0) is 90.8 Å². The molecule has 7 nitrogen and oxygen atoms in total. The summed E-state index contributed by atoms with van der Waals surface area (Å²) in [6.45, 7) is -0.188. The van der Waals surface area contributed by atoms with Crippen LogP contribution in [0.2, 0.25) is 0 Å². The Morgan fingerprint density at radius 1 is 0.718 bits per heavy atom. The Morgan fingerprint density at radius 2 is 1.31 bits per heavy atom. The molecular formula is C32H25NO6. The third-order valence-electron chi connectivity index (χ3n) is 8.52. The fourth-order valence-electron chi connectivity index (χ4n) is 6.58. The SMILES string of the molecule is O=C(COc1ccc(N2C(=O)C3C4C=CC(C5CC45)C3C2=O)cc1)c1ccc(OC(=O)c2ccccc2)cc1. The molecule has 6 unspecified atom stereocenters. The molecule has 0 radical (unpaired) electrons. The van der Waals surface area contributed by atoms with Crippen LogP contribution in [0.15, 0.2) is 91.0 Å². The lowest BCUT2D eigenvalue weighted by Crippen LogP contribution is -2.40. The summed E-state index contributed by atoms with van der Waals surface area (Å²) in [4.78, 5) is 52.7. The van der Waals surface area contributed by atoms with E-state index in [1.807, 2.05) is 6.07 Å². The number of carbonyl (C=O) groups excluding carboxylic acids is 4. The zero-order chi connectivity index (χ0) is 26.7. The summed E-state index contributed by atoms with van der Waals surface area (Å²) >= 11 is 0. The number of nitrogens with zero attached hydrogens (tertiary/aromatic N) is 1. The molecule has 194 valence electrons. The molecule has 5 aliphatic rings. The number of ether oxygens (including phenoxy) is 2. The molecule has 3 aromatic rings. The number of hydrogen-bond acceptors (Lipinski definition) is 6. The molecule has 7 heteroatoms. The zero-order valence-electron chi connectivity index (χ0n) is 20.9. The summed E-state index contributed by atoms with van der Waals surface area (Å²) in [5.74, 6) is 0.898. The molecule has 1 aliphatic heterocycles. The van der Waals surface area contributed by atoms with Crippen molar-refractivity contribution >= 4 is 29.3 Å². The average Bonchev–Trinajstić information content (AvgIpc) is 3.75. The first-order valence-corrected chi connectivity index (χ1v) is 13.2. The van der Waals surface area contributed by atoms with Gasteiger partial charge >= 0.3 is 5.97 Å². The number of carbonyl (C=O) groups is 4. The third-order valence-corrected chi connectivity index (χ3v) is 8.52. The van der Waals surface area contributed by atoms with Crippen molar-refractivity contribution in [2.24, 2.45) is 35.5 Å². The van der Waals surface area contributed by atoms with Crippen molar-refractivity contribution in [2.45, 2.75) is 6.42 Å². The van der Waals surface area contributed by atoms with E-state index in [0.29, 0.717) is 40.1 Å². The second kappa shape index (κ2) is 9.05. The molecule has 0 N–H and O–H groups in total. The summed E-state index contributed by atoms with van der Waals surface area (Å²) in [5.41, 5.74) is 1.39. The lowest BCUT2D eigenvalue weighted by Gasteiger charge is -2.37. The number of anilines is 1. The molecule has 6 atom stereocenters. The Kier molecular flexibility index (Phi) is 5.47. The number of amides is 2. The van der Waals surface area contributed by atoms with Crippen LogP contribution in [-0.4, -0.2) is 30.2 Å². The molecule has 4 aliphatic carbocycles. The summed E-state index contributed by atoms with van der Waals surface area (Å²) in [5, 5.41) is 0. The Hall–Kier alpha value is -4.52. The highest BCUT2D eigenvalue weighted by Gasteiger charge is 2.67. The fourth-order valence-corrected chi connectivity index (χ4v) is 6.58. The molecule has 0 spiro atoms. The quantitative estimate of drug-likeness (QED) is 0.148. The molecule has 1 saturated heterocycles. The monoisotopic (exact) mass is 519 g/mol. The minimum Gasteiger partial charge on any atom is -0.485 e. The van der Waals surface area contributed by atoms with E-state index in [1.54, 1.807) is 72.8 Å². The summed E-state index contributed by atoms with van der Waals surface area (Å²) in [6, 6.07) is 21.7. The molecule has 2 saturated carbocycles. The number of allylic oxidation sites excluding steroid dienone is 2. The van der Waals surface area contributed by atoms with Crippen LogP contribution in [-0.2, 0) is 9.59 Å². The Balaban J connectivity index is 0.964. The maximum atomic E-state index is 13.3. The number of rotatable bonds is 7. The van der Waals surface area contributed by atoms with Crippen molar-refractivity contribution in [3.8, 4) is 11.5 Å². The molecule has 2 amide bonds. The maximum Gasteiger partial charge on any atom is 0.343 e. The molecular weight excluding hydrogens is 494 g/mol. The third kappa shape index (κ3) is 3.96. The van der Waals surface area contributed by atoms with Gasteiger partial charge in [0, 0.05) is 5.56 Å². The topological polar surface area (TPSA) is 90.0 Å². The van der Waals surface area contributed by atoms with Gasteiger partial charge in [-0.3, -0.25) is 19.3 Å². The standard InChI is InChI=1S/C32H25NO6/c34-27(18-6-10-22(11-7-18)39-32(37)19-4-2-1-3-5-19)17-38-21-12-8-20(9-13-21)33-30(35)28-23-14-15-24(26-16-25(23)26)29(28)31(33)36/h1-15,23-26,28-29H,16-17H2. The van der Waals surface area contributed by atoms with Gasteiger partial charge in [-0.25, -0.2) is 4.79 Å². The molecule has 3 aromatic carbocycles. The van der Waals surface area contributed by atoms with E-state index < -0.39 is 5.97 Å². The van der Waals surface area contributed by atoms with E-state index in [2.05, 4.69) is 12.2 Å². The average molecular weight is 520 g/mol. The van der Waals surface area contributed by atoms with Crippen LogP contribution in [0.1, 0.15) is 27.1 Å². The van der Waals surface area contributed by atoms with Crippen LogP contribution in [0.3, 0.4) is 0 Å². The van der Waals surface area contributed by atoms with Crippen LogP contribution < -0.4 is 14.4 Å². The normalized spacial score (nSPS) is 27.6. The van der Waals surface area contributed by atoms with E-state index in [1.165, 1.54) is 4.90 Å². The van der Waals surface area contributed by atoms with Crippen molar-refractivity contribution in [3.63, 3.8) is 0 Å². The molecule has 0 aromatic heterocycles. The highest BCUT2D eigenvalue weighted by Crippen LogP contribution is 2.65. The van der Waals surface area contributed by atoms with Gasteiger partial charge in [-0.2, -0.15) is 0 Å². The minimum absolute atomic E-state index is 0.101. The highest BCUT2D eigenvalue weighted by atomic mass is 16.5. The second-order valence-electron chi connectivity index (χ2n) is 10.7. The zero-order valence-corrected chi connectivity index (χ0v) is 20.9. The molecule has 39 heavy (non-hydrogen) atoms. The van der Waals surface area contributed by atoms with Gasteiger partial charge in [0.25, 0.3) is 0 Å². The smallest absolute Gasteiger partial charge is 0.343 e. The van der Waals surface area contributed by atoms with Crippen LogP contribution in [0.5, 0.6) is 11.5 Å². The largest absolute Gasteiger partial charge is 0.485 e. The van der Waals surface area contributed by atoms with E-state index >= 15 is 0 Å². The number of benzene rings is 3. The maximum absolute atomic E-state index is 13.3. The van der Waals surface area contributed by atoms with E-state index in [4.69, 9.17) is 9.47 Å². The van der Waals surface area contributed by atoms with Crippen molar-refractivity contribution in [1.82, 2.24) is 0 Å². The van der Waals surface area contributed by atoms with Gasteiger partial charge in [0.1, 0.15) is 11.5 Å². The first-order valence-electron chi connectivity index (χ1n) is 13.2. The van der Waals surface area contributed by atoms with Crippen molar-refractivity contribution in [3.05, 3.63) is 102 Å². The first-order chi connectivity index (χ1) is 19.0. The fraction of sp³-hybridized carbons (Fsp3) is 0.250. The van der Waals surface area contributed by atoms with E-state index in [9.17, 15) is 19.2 Å². The van der Waals surface area contributed by atoms with Gasteiger partial charge < -0.3 is 9.47 Å². The van der Waals surface area contributed by atoms with Crippen molar-refractivity contribution in [1.29, 1.82) is 0 Å². The minimum atomic E-state index is -0.474. The number of hydrogen-bond donors (Lipinski definition) is 0. The highest BCUT2D eigenvalue weighted by molar-refractivity contribution is 6.22. The van der Waals surface area contributed by atoms with Crippen molar-refractivity contribution in [2.75, 3.05) is 11.5 Å². The van der Waals surface area contributed by atoms with Gasteiger partial charge in [-0.15, -0.1) is 0 Å². The van der Waals surface area contributed by atoms with Crippen LogP contribution in [0, 0.1) is 35.5 Å². The number of Topliss-reactive ketones (excluding diaryl/α,β-unsaturated/α-hetero) is 1. The van der Waals surface area contributed by atoms with E-state index in [-0.39, 0.29) is 47.9 Å². The van der Waals surface area contributed by atoms with Gasteiger partial charge in [0.2, 0.25) is 11.8 Å². The number of esters is 1. The Morgan fingerprint density at radius 3 is 1.92 bits per heavy atom. The summed E-state index contributed by atoms with van der Waals surface area (Å²) in [6.07, 6.45) is 5.45. The van der Waals surface area contributed by atoms with Gasteiger partial charge in [0.15, 0.2) is 12.4 Å². The molecule has 3 fully saturated rings. The summed E-state index contributed by atoms with van der Waals surface area (Å²) < 4.78 is 11.0. The molecule has 1 heterocycles. The van der Waals surface area contributed by atoms with Crippen molar-refractivity contribution < 1.29 is 28.7 Å². The van der Waals surface area contributed by atoms with Gasteiger partial charge in [0.05, 0.1) is 23.1 Å². The predicted octanol–water partition coefficient (Wildman–Crippen LogP) is 4.73. The first kappa shape index (κ1) is 23.6. The lowest BCUT2D eigenvalue weighted by molar-refractivity contribution is -0.124. The predicted molar refractivity (Wildman–Crippen MR) is 141 cm³/mol. The Bertz CT molecular complexity index is 1470. The van der Waals surface area contributed by atoms with Crippen LogP contribution in [0.25, 0.3) is 0 Å². The van der Waals surface area contributed by atoms with E-state index in [0.717, 1.165) is 6.42 Å². The second-order valence-corrected chi connectivity index (χ2v) is 10.7. The Labute approximate surface area is 225 Å². The number of imide groups is 1. The summed E-state index contributed by atoms with van der Waals surface area (Å²) in [7, 11) is 0. The molecule has 8 rings (SSSR count). The molecule has 2 bridgehead atoms. The van der Waals surface area contributed by atoms with Gasteiger partial charge in [-0.1, -0.05) is 30.4 Å². The van der Waals surface area contributed by atoms with Crippen LogP contribution >= 0.6 is 0 Å². The number of ketones is 1.